The molecule has 1 heterocycles. The summed E-state index contributed by atoms with van der Waals surface area (Å²) in [7, 11) is 0. The number of amidine groups is 1. The fourth-order valence-corrected chi connectivity index (χ4v) is 2.07. The lowest BCUT2D eigenvalue weighted by Gasteiger charge is -2.14. The molecule has 0 fully saturated rings. The number of rotatable bonds is 5. The number of primary amides is 1. The Labute approximate surface area is 159 Å². The fraction of sp³-hybridized carbons (Fsp3) is 0.125. The van der Waals surface area contributed by atoms with Crippen LogP contribution in [-0.2, 0) is 17.1 Å². The number of nitrogens with one attached hydrogen (secondary N) is 1. The standard InChI is InChI=1S/C16H12F6N6O/c17-15(18,19)10-1-8(2-11(3-10)16(20,21)22)13(23)28-27-6-12(14(24)29)9-4-25-7-26-5-9/h1-7,27H,(H2,23,28)(H2,24,29)/b12-6+. The van der Waals surface area contributed by atoms with Gasteiger partial charge in [0.2, 0.25) is 0 Å². The van der Waals surface area contributed by atoms with Crippen LogP contribution in [0.4, 0.5) is 26.3 Å². The van der Waals surface area contributed by atoms with E-state index >= 15 is 0 Å². The number of hydrogen-bond acceptors (Lipinski definition) is 5. The lowest BCUT2D eigenvalue weighted by Crippen LogP contribution is -2.21. The summed E-state index contributed by atoms with van der Waals surface area (Å²) in [6.07, 6.45) is -5.42. The molecular weight excluding hydrogens is 406 g/mol. The summed E-state index contributed by atoms with van der Waals surface area (Å²) in [4.78, 5) is 18.9. The van der Waals surface area contributed by atoms with E-state index in [4.69, 9.17) is 11.5 Å². The van der Waals surface area contributed by atoms with E-state index in [0.29, 0.717) is 12.1 Å². The summed E-state index contributed by atoms with van der Waals surface area (Å²) in [5.41, 5.74) is 9.19. The van der Waals surface area contributed by atoms with Crippen LogP contribution in [0.2, 0.25) is 0 Å². The zero-order chi connectivity index (χ0) is 21.8. The molecule has 2 rings (SSSR count). The quantitative estimate of drug-likeness (QED) is 0.226. The Morgan fingerprint density at radius 1 is 0.931 bits per heavy atom. The van der Waals surface area contributed by atoms with Crippen molar-refractivity contribution in [2.75, 3.05) is 0 Å². The zero-order valence-electron chi connectivity index (χ0n) is 14.2. The van der Waals surface area contributed by atoms with Crippen LogP contribution in [-0.4, -0.2) is 21.7 Å². The Morgan fingerprint density at radius 2 is 1.45 bits per heavy atom. The van der Waals surface area contributed by atoms with E-state index in [9.17, 15) is 31.1 Å². The first-order chi connectivity index (χ1) is 13.4. The lowest BCUT2D eigenvalue weighted by atomic mass is 10.0. The van der Waals surface area contributed by atoms with Gasteiger partial charge >= 0.3 is 12.4 Å². The van der Waals surface area contributed by atoms with Crippen LogP contribution in [0.1, 0.15) is 22.3 Å². The second-order valence-electron chi connectivity index (χ2n) is 5.47. The van der Waals surface area contributed by atoms with Crippen molar-refractivity contribution in [3.05, 3.63) is 65.4 Å². The van der Waals surface area contributed by atoms with Gasteiger partial charge in [-0.2, -0.15) is 31.4 Å². The van der Waals surface area contributed by atoms with Crippen LogP contribution >= 0.6 is 0 Å². The van der Waals surface area contributed by atoms with E-state index in [-0.39, 0.29) is 17.2 Å². The molecule has 0 unspecified atom stereocenters. The summed E-state index contributed by atoms with van der Waals surface area (Å²) in [6.45, 7) is 0. The molecule has 1 aromatic carbocycles. The molecule has 29 heavy (non-hydrogen) atoms. The Kier molecular flexibility index (Phi) is 6.09. The summed E-state index contributed by atoms with van der Waals surface area (Å²) in [6, 6.07) is 0.795. The molecule has 0 aliphatic heterocycles. The van der Waals surface area contributed by atoms with Crippen LogP contribution in [0.25, 0.3) is 5.57 Å². The molecule has 154 valence electrons. The van der Waals surface area contributed by atoms with Gasteiger partial charge in [-0.3, -0.25) is 10.2 Å². The first kappa shape index (κ1) is 21.7. The third-order valence-corrected chi connectivity index (χ3v) is 3.41. The Bertz CT molecular complexity index is 920. The molecule has 0 atom stereocenters. The van der Waals surface area contributed by atoms with Gasteiger partial charge in [0.25, 0.3) is 5.91 Å². The smallest absolute Gasteiger partial charge is 0.382 e. The van der Waals surface area contributed by atoms with E-state index < -0.39 is 40.8 Å². The largest absolute Gasteiger partial charge is 0.416 e. The van der Waals surface area contributed by atoms with Crippen LogP contribution in [0, 0.1) is 0 Å². The average molecular weight is 418 g/mol. The van der Waals surface area contributed by atoms with E-state index in [1.165, 1.54) is 18.7 Å². The second kappa shape index (κ2) is 8.16. The number of halogens is 6. The van der Waals surface area contributed by atoms with Gasteiger partial charge in [-0.1, -0.05) is 0 Å². The van der Waals surface area contributed by atoms with Crippen LogP contribution in [0.3, 0.4) is 0 Å². The number of nitrogens with two attached hydrogens (primary N) is 2. The molecule has 0 aliphatic rings. The van der Waals surface area contributed by atoms with Crippen molar-refractivity contribution in [2.45, 2.75) is 12.4 Å². The van der Waals surface area contributed by atoms with E-state index in [2.05, 4.69) is 20.5 Å². The van der Waals surface area contributed by atoms with Gasteiger partial charge in [0.15, 0.2) is 5.84 Å². The molecular formula is C16H12F6N6O. The lowest BCUT2D eigenvalue weighted by molar-refractivity contribution is -0.143. The second-order valence-corrected chi connectivity index (χ2v) is 5.47. The SMILES string of the molecule is NC(=O)/C(=C/N/N=C(\N)c1cc(C(F)(F)F)cc(C(F)(F)F)c1)c1cncnc1. The third kappa shape index (κ3) is 5.67. The predicted octanol–water partition coefficient (Wildman–Crippen LogP) is 2.25. The summed E-state index contributed by atoms with van der Waals surface area (Å²) in [5, 5.41) is 3.47. The molecule has 0 radical (unpaired) electrons. The van der Waals surface area contributed by atoms with Gasteiger partial charge in [0, 0.05) is 29.7 Å². The van der Waals surface area contributed by atoms with E-state index in [1.807, 2.05) is 0 Å². The number of carbonyl (C=O) groups is 1. The minimum absolute atomic E-state index is 0.0370. The van der Waals surface area contributed by atoms with Gasteiger partial charge in [-0.15, -0.1) is 0 Å². The number of alkyl halides is 6. The molecule has 5 N–H and O–H groups in total. The maximum Gasteiger partial charge on any atom is 0.416 e. The number of benzene rings is 1. The van der Waals surface area contributed by atoms with Gasteiger partial charge in [-0.25, -0.2) is 9.97 Å². The zero-order valence-corrected chi connectivity index (χ0v) is 14.2. The Balaban J connectivity index is 2.39. The molecule has 0 saturated carbocycles. The molecule has 0 bridgehead atoms. The number of hydrogen-bond donors (Lipinski definition) is 3. The van der Waals surface area contributed by atoms with Crippen molar-refractivity contribution >= 4 is 17.3 Å². The predicted molar refractivity (Wildman–Crippen MR) is 89.5 cm³/mol. The maximum atomic E-state index is 12.9. The van der Waals surface area contributed by atoms with Crippen LogP contribution in [0.15, 0.2) is 48.2 Å². The first-order valence-corrected chi connectivity index (χ1v) is 7.53. The van der Waals surface area contributed by atoms with Gasteiger partial charge in [0.05, 0.1) is 16.7 Å². The van der Waals surface area contributed by atoms with E-state index in [1.54, 1.807) is 0 Å². The Hall–Kier alpha value is -3.64. The van der Waals surface area contributed by atoms with E-state index in [0.717, 1.165) is 6.20 Å². The van der Waals surface area contributed by atoms with Crippen molar-refractivity contribution in [1.82, 2.24) is 15.4 Å². The normalized spacial score (nSPS) is 13.3. The summed E-state index contributed by atoms with van der Waals surface area (Å²) >= 11 is 0. The minimum atomic E-state index is -5.03. The number of amides is 1. The van der Waals surface area contributed by atoms with Crippen LogP contribution in [0.5, 0.6) is 0 Å². The highest BCUT2D eigenvalue weighted by Crippen LogP contribution is 2.36. The summed E-state index contributed by atoms with van der Waals surface area (Å²) < 4.78 is 77.4. The average Bonchev–Trinajstić information content (AvgIpc) is 2.63. The topological polar surface area (TPSA) is 119 Å². The van der Waals surface area contributed by atoms with Crippen molar-refractivity contribution in [2.24, 2.45) is 16.6 Å². The number of nitrogens with zero attached hydrogens (tertiary/aromatic N) is 3. The highest BCUT2D eigenvalue weighted by Gasteiger charge is 2.37. The van der Waals surface area contributed by atoms with Crippen molar-refractivity contribution in [1.29, 1.82) is 0 Å². The molecule has 7 nitrogen and oxygen atoms in total. The van der Waals surface area contributed by atoms with Gasteiger partial charge < -0.3 is 11.5 Å². The number of aromatic nitrogens is 2. The summed E-state index contributed by atoms with van der Waals surface area (Å²) in [5.74, 6) is -1.61. The highest BCUT2D eigenvalue weighted by atomic mass is 19.4. The minimum Gasteiger partial charge on any atom is -0.382 e. The van der Waals surface area contributed by atoms with Gasteiger partial charge in [0.1, 0.15) is 6.33 Å². The number of carbonyl (C=O) groups excluding carboxylic acids is 1. The van der Waals surface area contributed by atoms with Crippen molar-refractivity contribution in [3.63, 3.8) is 0 Å². The Morgan fingerprint density at radius 3 is 1.90 bits per heavy atom. The first-order valence-electron chi connectivity index (χ1n) is 7.53. The third-order valence-electron chi connectivity index (χ3n) is 3.41. The molecule has 13 heteroatoms. The fourth-order valence-electron chi connectivity index (χ4n) is 2.07. The molecule has 0 aliphatic carbocycles. The van der Waals surface area contributed by atoms with Crippen molar-refractivity contribution in [3.8, 4) is 0 Å². The number of hydrazone groups is 1. The molecule has 0 saturated heterocycles. The van der Waals surface area contributed by atoms with Crippen molar-refractivity contribution < 1.29 is 31.1 Å². The maximum absolute atomic E-state index is 12.9. The molecule has 2 aromatic rings. The molecule has 0 spiro atoms. The highest BCUT2D eigenvalue weighted by molar-refractivity contribution is 6.18. The monoisotopic (exact) mass is 418 g/mol. The molecule has 1 amide bonds. The molecule has 1 aromatic heterocycles. The van der Waals surface area contributed by atoms with Gasteiger partial charge in [-0.05, 0) is 18.2 Å². The van der Waals surface area contributed by atoms with Crippen LogP contribution < -0.4 is 16.9 Å².